The van der Waals surface area contributed by atoms with Gasteiger partial charge < -0.3 is 5.32 Å². The summed E-state index contributed by atoms with van der Waals surface area (Å²) >= 11 is 3.31. The van der Waals surface area contributed by atoms with Crippen LogP contribution in [0, 0.1) is 5.82 Å². The first-order valence-electron chi connectivity index (χ1n) is 6.97. The minimum atomic E-state index is -3.49. The second-order valence-corrected chi connectivity index (χ2v) is 8.31. The van der Waals surface area contributed by atoms with E-state index in [9.17, 15) is 12.8 Å². The fourth-order valence-corrected chi connectivity index (χ4v) is 4.96. The standard InChI is InChI=1S/C16H15BrFNO2S/c17-12-3-7-14(8-4-12)22(20,21)16-15(9-10-19-16)11-1-5-13(18)6-2-11/h1-8,15-16,19H,9-10H2. The summed E-state index contributed by atoms with van der Waals surface area (Å²) in [6.45, 7) is 0.627. The number of nitrogens with one attached hydrogen (secondary N) is 1. The molecule has 0 aliphatic carbocycles. The molecular formula is C16H15BrFNO2S. The highest BCUT2D eigenvalue weighted by molar-refractivity contribution is 9.10. The maximum absolute atomic E-state index is 13.1. The third kappa shape index (κ3) is 2.95. The molecule has 1 saturated heterocycles. The van der Waals surface area contributed by atoms with Crippen molar-refractivity contribution in [3.63, 3.8) is 0 Å². The molecule has 0 amide bonds. The predicted molar refractivity (Wildman–Crippen MR) is 86.9 cm³/mol. The molecule has 0 aromatic heterocycles. The lowest BCUT2D eigenvalue weighted by Gasteiger charge is -2.20. The zero-order valence-electron chi connectivity index (χ0n) is 11.7. The zero-order valence-corrected chi connectivity index (χ0v) is 14.1. The van der Waals surface area contributed by atoms with Crippen LogP contribution in [0.1, 0.15) is 17.9 Å². The second kappa shape index (κ2) is 6.10. The Bertz CT molecular complexity index is 760. The molecule has 2 aromatic carbocycles. The van der Waals surface area contributed by atoms with E-state index in [1.807, 2.05) is 0 Å². The van der Waals surface area contributed by atoms with Gasteiger partial charge in [0.05, 0.1) is 4.90 Å². The first kappa shape index (κ1) is 15.6. The van der Waals surface area contributed by atoms with E-state index >= 15 is 0 Å². The molecule has 1 heterocycles. The number of hydrogen-bond donors (Lipinski definition) is 1. The summed E-state index contributed by atoms with van der Waals surface area (Å²) in [6.07, 6.45) is 0.714. The van der Waals surface area contributed by atoms with Crippen LogP contribution in [0.25, 0.3) is 0 Å². The Morgan fingerprint density at radius 1 is 1.05 bits per heavy atom. The molecule has 22 heavy (non-hydrogen) atoms. The molecular weight excluding hydrogens is 369 g/mol. The van der Waals surface area contributed by atoms with Crippen LogP contribution >= 0.6 is 15.9 Å². The Hall–Kier alpha value is -1.24. The van der Waals surface area contributed by atoms with Gasteiger partial charge in [0.2, 0.25) is 0 Å². The van der Waals surface area contributed by atoms with Gasteiger partial charge in [-0.1, -0.05) is 28.1 Å². The van der Waals surface area contributed by atoms with Crippen LogP contribution in [-0.4, -0.2) is 20.3 Å². The SMILES string of the molecule is O=S(=O)(c1ccc(Br)cc1)C1NCCC1c1ccc(F)cc1. The fourth-order valence-electron chi connectivity index (χ4n) is 2.82. The average molecular weight is 384 g/mol. The molecule has 1 fully saturated rings. The highest BCUT2D eigenvalue weighted by Crippen LogP contribution is 2.34. The van der Waals surface area contributed by atoms with Crippen LogP contribution in [0.15, 0.2) is 57.9 Å². The normalized spacial score (nSPS) is 21.9. The summed E-state index contributed by atoms with van der Waals surface area (Å²) in [6, 6.07) is 12.7. The first-order valence-corrected chi connectivity index (χ1v) is 9.31. The van der Waals surface area contributed by atoms with Gasteiger partial charge in [0.1, 0.15) is 11.2 Å². The van der Waals surface area contributed by atoms with Crippen molar-refractivity contribution < 1.29 is 12.8 Å². The Kier molecular flexibility index (Phi) is 4.34. The molecule has 1 N–H and O–H groups in total. The van der Waals surface area contributed by atoms with E-state index in [2.05, 4.69) is 21.2 Å². The minimum Gasteiger partial charge on any atom is -0.300 e. The third-order valence-corrected chi connectivity index (χ3v) is 6.56. The summed E-state index contributed by atoms with van der Waals surface area (Å²) in [5.41, 5.74) is 0.845. The number of halogens is 2. The number of sulfone groups is 1. The van der Waals surface area contributed by atoms with Crippen molar-refractivity contribution >= 4 is 25.8 Å². The Labute approximate surface area is 137 Å². The lowest BCUT2D eigenvalue weighted by molar-refractivity contribution is 0.558. The topological polar surface area (TPSA) is 46.2 Å². The van der Waals surface area contributed by atoms with Crippen molar-refractivity contribution in [2.45, 2.75) is 22.6 Å². The summed E-state index contributed by atoms with van der Waals surface area (Å²) in [4.78, 5) is 0.294. The van der Waals surface area contributed by atoms with E-state index in [-0.39, 0.29) is 11.7 Å². The van der Waals surface area contributed by atoms with Crippen molar-refractivity contribution in [3.8, 4) is 0 Å². The summed E-state index contributed by atoms with van der Waals surface area (Å²) in [5, 5.41) is 2.40. The van der Waals surface area contributed by atoms with E-state index in [0.29, 0.717) is 17.9 Å². The molecule has 2 aromatic rings. The summed E-state index contributed by atoms with van der Waals surface area (Å²) in [7, 11) is -3.49. The molecule has 2 unspecified atom stereocenters. The first-order chi connectivity index (χ1) is 10.5. The molecule has 3 rings (SSSR count). The molecule has 6 heteroatoms. The van der Waals surface area contributed by atoms with Crippen molar-refractivity contribution in [2.75, 3.05) is 6.54 Å². The average Bonchev–Trinajstić information content (AvgIpc) is 2.99. The number of hydrogen-bond acceptors (Lipinski definition) is 3. The van der Waals surface area contributed by atoms with Crippen molar-refractivity contribution in [1.82, 2.24) is 5.32 Å². The van der Waals surface area contributed by atoms with E-state index in [1.165, 1.54) is 12.1 Å². The summed E-state index contributed by atoms with van der Waals surface area (Å²) < 4.78 is 39.6. The van der Waals surface area contributed by atoms with Crippen LogP contribution < -0.4 is 5.32 Å². The van der Waals surface area contributed by atoms with Crippen LogP contribution in [0.4, 0.5) is 4.39 Å². The quantitative estimate of drug-likeness (QED) is 0.882. The van der Waals surface area contributed by atoms with Crippen LogP contribution in [0.3, 0.4) is 0 Å². The van der Waals surface area contributed by atoms with Gasteiger partial charge in [-0.2, -0.15) is 0 Å². The van der Waals surface area contributed by atoms with Gasteiger partial charge in [0.15, 0.2) is 9.84 Å². The molecule has 1 aliphatic rings. The highest BCUT2D eigenvalue weighted by Gasteiger charge is 2.38. The van der Waals surface area contributed by atoms with Crippen molar-refractivity contribution in [3.05, 3.63) is 64.4 Å². The summed E-state index contributed by atoms with van der Waals surface area (Å²) in [5.74, 6) is -0.490. The zero-order chi connectivity index (χ0) is 15.7. The van der Waals surface area contributed by atoms with Crippen molar-refractivity contribution in [2.24, 2.45) is 0 Å². The molecule has 3 nitrogen and oxygen atoms in total. The Balaban J connectivity index is 1.95. The molecule has 0 saturated carbocycles. The van der Waals surface area contributed by atoms with E-state index < -0.39 is 15.2 Å². The van der Waals surface area contributed by atoms with Gasteiger partial charge in [-0.15, -0.1) is 0 Å². The molecule has 0 radical (unpaired) electrons. The lowest BCUT2D eigenvalue weighted by Crippen LogP contribution is -2.34. The molecule has 116 valence electrons. The lowest BCUT2D eigenvalue weighted by atomic mass is 9.98. The smallest absolute Gasteiger partial charge is 0.194 e. The molecule has 1 aliphatic heterocycles. The molecule has 0 spiro atoms. The van der Waals surface area contributed by atoms with E-state index in [4.69, 9.17) is 0 Å². The minimum absolute atomic E-state index is 0.172. The third-order valence-electron chi connectivity index (χ3n) is 3.94. The number of benzene rings is 2. The number of rotatable bonds is 3. The van der Waals surface area contributed by atoms with Gasteiger partial charge in [0.25, 0.3) is 0 Å². The Morgan fingerprint density at radius 3 is 2.32 bits per heavy atom. The predicted octanol–water partition coefficient (Wildman–Crippen LogP) is 3.47. The maximum atomic E-state index is 13.1. The Morgan fingerprint density at radius 2 is 1.68 bits per heavy atom. The van der Waals surface area contributed by atoms with Gasteiger partial charge >= 0.3 is 0 Å². The van der Waals surface area contributed by atoms with Crippen LogP contribution in [-0.2, 0) is 9.84 Å². The second-order valence-electron chi connectivity index (χ2n) is 5.32. The largest absolute Gasteiger partial charge is 0.300 e. The van der Waals surface area contributed by atoms with Gasteiger partial charge in [-0.25, -0.2) is 12.8 Å². The molecule has 2 atom stereocenters. The van der Waals surface area contributed by atoms with E-state index in [0.717, 1.165) is 10.0 Å². The van der Waals surface area contributed by atoms with Crippen LogP contribution in [0.5, 0.6) is 0 Å². The van der Waals surface area contributed by atoms with Gasteiger partial charge in [-0.05, 0) is 54.9 Å². The van der Waals surface area contributed by atoms with Gasteiger partial charge in [-0.3, -0.25) is 0 Å². The monoisotopic (exact) mass is 383 g/mol. The molecule has 0 bridgehead atoms. The maximum Gasteiger partial charge on any atom is 0.194 e. The van der Waals surface area contributed by atoms with Gasteiger partial charge in [0, 0.05) is 10.4 Å². The van der Waals surface area contributed by atoms with Crippen LogP contribution in [0.2, 0.25) is 0 Å². The van der Waals surface area contributed by atoms with E-state index in [1.54, 1.807) is 36.4 Å². The van der Waals surface area contributed by atoms with Crippen molar-refractivity contribution in [1.29, 1.82) is 0 Å². The highest BCUT2D eigenvalue weighted by atomic mass is 79.9. The fraction of sp³-hybridized carbons (Fsp3) is 0.250.